The van der Waals surface area contributed by atoms with Gasteiger partial charge in [-0.05, 0) is 5.56 Å². The summed E-state index contributed by atoms with van der Waals surface area (Å²) in [5.41, 5.74) is 6.28. The molecule has 0 unspecified atom stereocenters. The molecule has 86 valence electrons. The largest absolute Gasteiger partial charge is 0.469 e. The van der Waals surface area contributed by atoms with Crippen LogP contribution in [0.2, 0.25) is 0 Å². The number of rotatable bonds is 4. The monoisotopic (exact) mass is 224 g/mol. The first-order valence-corrected chi connectivity index (χ1v) is 4.61. The van der Waals surface area contributed by atoms with E-state index in [9.17, 15) is 14.9 Å². The zero-order chi connectivity index (χ0) is 12.1. The molecule has 1 aromatic rings. The number of hydrogen-bond acceptors (Lipinski definition) is 5. The molecule has 1 rings (SSSR count). The van der Waals surface area contributed by atoms with Gasteiger partial charge in [0, 0.05) is 18.2 Å². The summed E-state index contributed by atoms with van der Waals surface area (Å²) in [6.45, 7) is 0.0921. The van der Waals surface area contributed by atoms with Crippen LogP contribution < -0.4 is 5.73 Å². The van der Waals surface area contributed by atoms with E-state index in [1.807, 2.05) is 0 Å². The molecule has 0 aromatic heterocycles. The number of nitro benzene ring substituents is 1. The van der Waals surface area contributed by atoms with Crippen LogP contribution in [0.3, 0.4) is 0 Å². The van der Waals surface area contributed by atoms with Crippen molar-refractivity contribution in [2.45, 2.75) is 13.0 Å². The molecule has 16 heavy (non-hydrogen) atoms. The number of nitrogens with two attached hydrogens (primary N) is 1. The summed E-state index contributed by atoms with van der Waals surface area (Å²) < 4.78 is 4.48. The molecular formula is C10H12N2O4. The Bertz CT molecular complexity index is 417. The van der Waals surface area contributed by atoms with Gasteiger partial charge in [-0.15, -0.1) is 0 Å². The first-order chi connectivity index (χ1) is 7.58. The molecule has 2 N–H and O–H groups in total. The van der Waals surface area contributed by atoms with Crippen LogP contribution in [0, 0.1) is 10.1 Å². The summed E-state index contributed by atoms with van der Waals surface area (Å²) in [5, 5.41) is 10.7. The molecule has 0 bridgehead atoms. The number of ether oxygens (including phenoxy) is 1. The van der Waals surface area contributed by atoms with Crippen molar-refractivity contribution >= 4 is 11.7 Å². The molecule has 0 spiro atoms. The molecule has 0 aliphatic heterocycles. The van der Waals surface area contributed by atoms with Crippen LogP contribution in [-0.2, 0) is 22.5 Å². The molecule has 0 saturated heterocycles. The number of esters is 1. The second-order valence-corrected chi connectivity index (χ2v) is 3.18. The lowest BCUT2D eigenvalue weighted by Crippen LogP contribution is -2.07. The second kappa shape index (κ2) is 5.22. The fraction of sp³-hybridized carbons (Fsp3) is 0.300. The van der Waals surface area contributed by atoms with Gasteiger partial charge in [-0.2, -0.15) is 0 Å². The van der Waals surface area contributed by atoms with Gasteiger partial charge in [0.2, 0.25) is 0 Å². The van der Waals surface area contributed by atoms with Crippen LogP contribution in [0.1, 0.15) is 11.1 Å². The van der Waals surface area contributed by atoms with Crippen molar-refractivity contribution in [1.82, 2.24) is 0 Å². The zero-order valence-corrected chi connectivity index (χ0v) is 8.80. The number of nitrogens with zero attached hydrogens (tertiary/aromatic N) is 1. The molecule has 0 radical (unpaired) electrons. The van der Waals surface area contributed by atoms with E-state index in [0.717, 1.165) is 0 Å². The first kappa shape index (κ1) is 12.1. The van der Waals surface area contributed by atoms with Crippen molar-refractivity contribution in [3.8, 4) is 0 Å². The lowest BCUT2D eigenvalue weighted by atomic mass is 10.1. The van der Waals surface area contributed by atoms with E-state index < -0.39 is 10.9 Å². The lowest BCUT2D eigenvalue weighted by molar-refractivity contribution is -0.385. The summed E-state index contributed by atoms with van der Waals surface area (Å²) in [7, 11) is 1.27. The Morgan fingerprint density at radius 3 is 2.75 bits per heavy atom. The van der Waals surface area contributed by atoms with Crippen molar-refractivity contribution < 1.29 is 14.5 Å². The number of nitro groups is 1. The molecule has 0 amide bonds. The lowest BCUT2D eigenvalue weighted by Gasteiger charge is -2.03. The topological polar surface area (TPSA) is 95.5 Å². The summed E-state index contributed by atoms with van der Waals surface area (Å²) in [5.74, 6) is -0.435. The molecule has 0 heterocycles. The Balaban J connectivity index is 3.02. The number of carbonyl (C=O) groups is 1. The molecule has 0 aliphatic rings. The minimum absolute atomic E-state index is 0.0161. The standard InChI is InChI=1S/C10H12N2O4/c1-16-10(13)5-7-2-3-8(6-11)9(4-7)12(14)15/h2-4H,5-6,11H2,1H3. The molecule has 1 aromatic carbocycles. The van der Waals surface area contributed by atoms with Crippen molar-refractivity contribution in [1.29, 1.82) is 0 Å². The maximum Gasteiger partial charge on any atom is 0.309 e. The molecule has 6 heteroatoms. The SMILES string of the molecule is COC(=O)Cc1ccc(CN)c([N+](=O)[O-])c1. The fourth-order valence-corrected chi connectivity index (χ4v) is 1.30. The Morgan fingerprint density at radius 2 is 2.25 bits per heavy atom. The Hall–Kier alpha value is -1.95. The third-order valence-corrected chi connectivity index (χ3v) is 2.14. The van der Waals surface area contributed by atoms with E-state index in [1.54, 1.807) is 12.1 Å². The minimum atomic E-state index is -0.511. The van der Waals surface area contributed by atoms with Gasteiger partial charge in [-0.3, -0.25) is 14.9 Å². The average Bonchev–Trinajstić information content (AvgIpc) is 2.28. The molecule has 0 aliphatic carbocycles. The van der Waals surface area contributed by atoms with Crippen LogP contribution >= 0.6 is 0 Å². The van der Waals surface area contributed by atoms with Crippen molar-refractivity contribution in [3.63, 3.8) is 0 Å². The van der Waals surface area contributed by atoms with Gasteiger partial charge < -0.3 is 10.5 Å². The predicted molar refractivity (Wildman–Crippen MR) is 56.7 cm³/mol. The number of methoxy groups -OCH3 is 1. The van der Waals surface area contributed by atoms with Crippen LogP contribution in [0.4, 0.5) is 5.69 Å². The maximum absolute atomic E-state index is 11.0. The van der Waals surface area contributed by atoms with Gasteiger partial charge in [-0.25, -0.2) is 0 Å². The first-order valence-electron chi connectivity index (χ1n) is 4.61. The van der Waals surface area contributed by atoms with E-state index in [0.29, 0.717) is 11.1 Å². The smallest absolute Gasteiger partial charge is 0.309 e. The van der Waals surface area contributed by atoms with Gasteiger partial charge in [0.05, 0.1) is 18.5 Å². The van der Waals surface area contributed by atoms with Crippen LogP contribution in [0.15, 0.2) is 18.2 Å². The third kappa shape index (κ3) is 2.77. The van der Waals surface area contributed by atoms with E-state index in [2.05, 4.69) is 4.74 Å². The summed E-state index contributed by atoms with van der Waals surface area (Å²) >= 11 is 0. The van der Waals surface area contributed by atoms with Gasteiger partial charge >= 0.3 is 5.97 Å². The van der Waals surface area contributed by atoms with Crippen LogP contribution in [0.25, 0.3) is 0 Å². The Labute approximate surface area is 92.2 Å². The predicted octanol–water partition coefficient (Wildman–Crippen LogP) is 0.769. The van der Waals surface area contributed by atoms with E-state index in [-0.39, 0.29) is 18.7 Å². The van der Waals surface area contributed by atoms with Crippen LogP contribution in [-0.4, -0.2) is 18.0 Å². The van der Waals surface area contributed by atoms with Crippen molar-refractivity contribution in [2.24, 2.45) is 5.73 Å². The number of benzene rings is 1. The van der Waals surface area contributed by atoms with E-state index >= 15 is 0 Å². The maximum atomic E-state index is 11.0. The highest BCUT2D eigenvalue weighted by molar-refractivity contribution is 5.72. The van der Waals surface area contributed by atoms with Crippen LogP contribution in [0.5, 0.6) is 0 Å². The quantitative estimate of drug-likeness (QED) is 0.463. The normalized spacial score (nSPS) is 9.88. The summed E-state index contributed by atoms with van der Waals surface area (Å²) in [6, 6.07) is 4.53. The van der Waals surface area contributed by atoms with Gasteiger partial charge in [0.1, 0.15) is 0 Å². The zero-order valence-electron chi connectivity index (χ0n) is 8.80. The average molecular weight is 224 g/mol. The molecule has 0 atom stereocenters. The molecule has 0 fully saturated rings. The van der Waals surface area contributed by atoms with Gasteiger partial charge in [0.25, 0.3) is 5.69 Å². The summed E-state index contributed by atoms with van der Waals surface area (Å²) in [6.07, 6.45) is 0.0161. The van der Waals surface area contributed by atoms with Gasteiger partial charge in [0.15, 0.2) is 0 Å². The number of carbonyl (C=O) groups excluding carboxylic acids is 1. The fourth-order valence-electron chi connectivity index (χ4n) is 1.30. The Kier molecular flexibility index (Phi) is 3.96. The third-order valence-electron chi connectivity index (χ3n) is 2.14. The number of hydrogen-bond donors (Lipinski definition) is 1. The highest BCUT2D eigenvalue weighted by Gasteiger charge is 2.14. The molecule has 0 saturated carbocycles. The minimum Gasteiger partial charge on any atom is -0.469 e. The summed E-state index contributed by atoms with van der Waals surface area (Å²) in [4.78, 5) is 21.2. The van der Waals surface area contributed by atoms with E-state index in [1.165, 1.54) is 13.2 Å². The highest BCUT2D eigenvalue weighted by Crippen LogP contribution is 2.20. The highest BCUT2D eigenvalue weighted by atomic mass is 16.6. The molecular weight excluding hydrogens is 212 g/mol. The second-order valence-electron chi connectivity index (χ2n) is 3.18. The van der Waals surface area contributed by atoms with Gasteiger partial charge in [-0.1, -0.05) is 12.1 Å². The van der Waals surface area contributed by atoms with Crippen molar-refractivity contribution in [2.75, 3.05) is 7.11 Å². The van der Waals surface area contributed by atoms with E-state index in [4.69, 9.17) is 5.73 Å². The molecule has 6 nitrogen and oxygen atoms in total. The van der Waals surface area contributed by atoms with Crippen molar-refractivity contribution in [3.05, 3.63) is 39.4 Å². The Morgan fingerprint density at radius 1 is 1.56 bits per heavy atom.